The lowest BCUT2D eigenvalue weighted by molar-refractivity contribution is 0.559. The molecule has 0 radical (unpaired) electrons. The third-order valence-electron chi connectivity index (χ3n) is 2.11. The quantitative estimate of drug-likeness (QED) is 0.721. The van der Waals surface area contributed by atoms with Crippen LogP contribution in [0, 0.1) is 0 Å². The standard InChI is InChI=1S/C10H17N3O/c1-8(2)13-5-4-12(10(13)14)7-9(3)6-11/h4-5,8H,3,6-7,11H2,1-2H3. The van der Waals surface area contributed by atoms with Crippen LogP contribution in [-0.4, -0.2) is 15.7 Å². The predicted octanol–water partition coefficient (Wildman–Crippen LogP) is 0.746. The van der Waals surface area contributed by atoms with Gasteiger partial charge in [0.05, 0.1) is 0 Å². The van der Waals surface area contributed by atoms with Crippen LogP contribution < -0.4 is 11.4 Å². The smallest absolute Gasteiger partial charge is 0.327 e. The van der Waals surface area contributed by atoms with Gasteiger partial charge in [-0.2, -0.15) is 0 Å². The molecule has 1 heterocycles. The molecular weight excluding hydrogens is 178 g/mol. The fourth-order valence-electron chi connectivity index (χ4n) is 1.25. The van der Waals surface area contributed by atoms with Crippen molar-refractivity contribution >= 4 is 0 Å². The minimum absolute atomic E-state index is 0.00500. The van der Waals surface area contributed by atoms with E-state index in [4.69, 9.17) is 5.73 Å². The summed E-state index contributed by atoms with van der Waals surface area (Å²) in [7, 11) is 0. The summed E-state index contributed by atoms with van der Waals surface area (Å²) in [5, 5.41) is 0. The highest BCUT2D eigenvalue weighted by molar-refractivity contribution is 4.98. The first-order valence-corrected chi connectivity index (χ1v) is 4.70. The van der Waals surface area contributed by atoms with Gasteiger partial charge in [-0.1, -0.05) is 6.58 Å². The Morgan fingerprint density at radius 3 is 2.64 bits per heavy atom. The average Bonchev–Trinajstić information content (AvgIpc) is 2.48. The zero-order valence-corrected chi connectivity index (χ0v) is 8.73. The minimum Gasteiger partial charge on any atom is -0.327 e. The summed E-state index contributed by atoms with van der Waals surface area (Å²) < 4.78 is 3.30. The van der Waals surface area contributed by atoms with E-state index in [0.717, 1.165) is 5.57 Å². The van der Waals surface area contributed by atoms with Crippen LogP contribution in [0.25, 0.3) is 0 Å². The molecule has 14 heavy (non-hydrogen) atoms. The van der Waals surface area contributed by atoms with Crippen LogP contribution in [0.2, 0.25) is 0 Å². The van der Waals surface area contributed by atoms with Crippen molar-refractivity contribution in [3.05, 3.63) is 35.0 Å². The molecule has 0 amide bonds. The average molecular weight is 195 g/mol. The summed E-state index contributed by atoms with van der Waals surface area (Å²) in [6, 6.07) is 0.190. The summed E-state index contributed by atoms with van der Waals surface area (Å²) in [6.07, 6.45) is 3.56. The van der Waals surface area contributed by atoms with E-state index in [-0.39, 0.29) is 11.7 Å². The molecule has 78 valence electrons. The van der Waals surface area contributed by atoms with Gasteiger partial charge >= 0.3 is 5.69 Å². The van der Waals surface area contributed by atoms with Crippen molar-refractivity contribution in [3.8, 4) is 0 Å². The number of rotatable bonds is 4. The Kier molecular flexibility index (Phi) is 3.30. The molecule has 2 N–H and O–H groups in total. The molecule has 1 aromatic heterocycles. The Balaban J connectivity index is 2.91. The van der Waals surface area contributed by atoms with Crippen molar-refractivity contribution in [1.29, 1.82) is 0 Å². The highest BCUT2D eigenvalue weighted by Crippen LogP contribution is 2.00. The molecule has 0 aliphatic heterocycles. The van der Waals surface area contributed by atoms with Crippen LogP contribution in [0.5, 0.6) is 0 Å². The monoisotopic (exact) mass is 195 g/mol. The SMILES string of the molecule is C=C(CN)Cn1ccn(C(C)C)c1=O. The normalized spacial score (nSPS) is 10.9. The minimum atomic E-state index is -0.00500. The maximum atomic E-state index is 11.7. The molecule has 0 spiro atoms. The first kappa shape index (κ1) is 10.8. The lowest BCUT2D eigenvalue weighted by atomic mass is 10.3. The van der Waals surface area contributed by atoms with Crippen molar-refractivity contribution in [3.63, 3.8) is 0 Å². The van der Waals surface area contributed by atoms with Gasteiger partial charge in [-0.25, -0.2) is 4.79 Å². The molecule has 0 saturated carbocycles. The number of hydrogen-bond acceptors (Lipinski definition) is 2. The topological polar surface area (TPSA) is 52.9 Å². The third kappa shape index (κ3) is 2.14. The largest absolute Gasteiger partial charge is 0.328 e. The van der Waals surface area contributed by atoms with Gasteiger partial charge in [-0.15, -0.1) is 0 Å². The Bertz CT molecular complexity index is 373. The van der Waals surface area contributed by atoms with Crippen LogP contribution in [0.1, 0.15) is 19.9 Å². The first-order valence-electron chi connectivity index (χ1n) is 4.70. The Morgan fingerprint density at radius 2 is 2.21 bits per heavy atom. The van der Waals surface area contributed by atoms with Gasteiger partial charge in [-0.05, 0) is 19.4 Å². The Hall–Kier alpha value is -1.29. The molecule has 1 aromatic rings. The van der Waals surface area contributed by atoms with Gasteiger partial charge < -0.3 is 5.73 Å². The predicted molar refractivity (Wildman–Crippen MR) is 57.3 cm³/mol. The van der Waals surface area contributed by atoms with Crippen LogP contribution >= 0.6 is 0 Å². The number of imidazole rings is 1. The Labute approximate surface area is 83.6 Å². The van der Waals surface area contributed by atoms with Gasteiger partial charge in [0, 0.05) is 31.5 Å². The Morgan fingerprint density at radius 1 is 1.57 bits per heavy atom. The summed E-state index contributed by atoms with van der Waals surface area (Å²) in [5.74, 6) is 0. The van der Waals surface area contributed by atoms with Gasteiger partial charge in [0.1, 0.15) is 0 Å². The van der Waals surface area contributed by atoms with Crippen molar-refractivity contribution < 1.29 is 0 Å². The number of nitrogens with two attached hydrogens (primary N) is 1. The van der Waals surface area contributed by atoms with Crippen molar-refractivity contribution in [2.24, 2.45) is 5.73 Å². The van der Waals surface area contributed by atoms with Crippen LogP contribution in [-0.2, 0) is 6.54 Å². The van der Waals surface area contributed by atoms with E-state index >= 15 is 0 Å². The molecule has 4 nitrogen and oxygen atoms in total. The van der Waals surface area contributed by atoms with Gasteiger partial charge in [0.2, 0.25) is 0 Å². The van der Waals surface area contributed by atoms with Gasteiger partial charge in [0.15, 0.2) is 0 Å². The van der Waals surface area contributed by atoms with Crippen molar-refractivity contribution in [2.45, 2.75) is 26.4 Å². The second-order valence-corrected chi connectivity index (χ2v) is 3.66. The van der Waals surface area contributed by atoms with E-state index in [2.05, 4.69) is 6.58 Å². The summed E-state index contributed by atoms with van der Waals surface area (Å²) in [6.45, 7) is 8.65. The second kappa shape index (κ2) is 4.28. The molecule has 0 bridgehead atoms. The van der Waals surface area contributed by atoms with Crippen molar-refractivity contribution in [1.82, 2.24) is 9.13 Å². The lowest BCUT2D eigenvalue weighted by Gasteiger charge is -2.05. The van der Waals surface area contributed by atoms with E-state index in [1.54, 1.807) is 21.5 Å². The molecule has 1 rings (SSSR count). The number of aromatic nitrogens is 2. The zero-order chi connectivity index (χ0) is 10.7. The number of hydrogen-bond donors (Lipinski definition) is 1. The number of nitrogens with zero attached hydrogens (tertiary/aromatic N) is 2. The second-order valence-electron chi connectivity index (χ2n) is 3.66. The molecule has 4 heteroatoms. The van der Waals surface area contributed by atoms with Gasteiger partial charge in [-0.3, -0.25) is 9.13 Å². The third-order valence-corrected chi connectivity index (χ3v) is 2.11. The zero-order valence-electron chi connectivity index (χ0n) is 8.73. The van der Waals surface area contributed by atoms with E-state index in [1.165, 1.54) is 0 Å². The molecule has 0 unspecified atom stereocenters. The molecule has 0 aromatic carbocycles. The van der Waals surface area contributed by atoms with E-state index in [9.17, 15) is 4.79 Å². The highest BCUT2D eigenvalue weighted by atomic mass is 16.1. The van der Waals surface area contributed by atoms with Gasteiger partial charge in [0.25, 0.3) is 0 Å². The summed E-state index contributed by atoms with van der Waals surface area (Å²) in [4.78, 5) is 11.7. The first-order chi connectivity index (χ1) is 6.56. The molecule has 0 aliphatic carbocycles. The van der Waals surface area contributed by atoms with Crippen LogP contribution in [0.15, 0.2) is 29.3 Å². The summed E-state index contributed by atoms with van der Waals surface area (Å²) in [5.41, 5.74) is 6.27. The fraction of sp³-hybridized carbons (Fsp3) is 0.500. The van der Waals surface area contributed by atoms with E-state index in [1.807, 2.05) is 13.8 Å². The molecule has 0 saturated heterocycles. The maximum absolute atomic E-state index is 11.7. The van der Waals surface area contributed by atoms with Crippen molar-refractivity contribution in [2.75, 3.05) is 6.54 Å². The fourth-order valence-corrected chi connectivity index (χ4v) is 1.25. The molecular formula is C10H17N3O. The molecule has 0 aliphatic rings. The summed E-state index contributed by atoms with van der Waals surface area (Å²) >= 11 is 0. The highest BCUT2D eigenvalue weighted by Gasteiger charge is 2.05. The van der Waals surface area contributed by atoms with Crippen LogP contribution in [0.3, 0.4) is 0 Å². The molecule has 0 fully saturated rings. The van der Waals surface area contributed by atoms with E-state index in [0.29, 0.717) is 13.1 Å². The lowest BCUT2D eigenvalue weighted by Crippen LogP contribution is -2.26. The van der Waals surface area contributed by atoms with Crippen LogP contribution in [0.4, 0.5) is 0 Å². The molecule has 0 atom stereocenters. The van der Waals surface area contributed by atoms with E-state index < -0.39 is 0 Å². The maximum Gasteiger partial charge on any atom is 0.328 e.